The number of carbonyl (C=O) groups excluding carboxylic acids is 2. The van der Waals surface area contributed by atoms with Gasteiger partial charge in [-0.15, -0.1) is 0 Å². The van der Waals surface area contributed by atoms with Crippen LogP contribution in [0.3, 0.4) is 0 Å². The Balaban J connectivity index is 3.64. The van der Waals surface area contributed by atoms with E-state index in [9.17, 15) is 14.7 Å². The quantitative estimate of drug-likeness (QED) is 0.474. The van der Waals surface area contributed by atoms with Crippen LogP contribution >= 0.6 is 0 Å². The molecule has 0 spiro atoms. The highest BCUT2D eigenvalue weighted by Gasteiger charge is 2.15. The van der Waals surface area contributed by atoms with Crippen LogP contribution in [0.1, 0.15) is 26.7 Å². The summed E-state index contributed by atoms with van der Waals surface area (Å²) in [6.07, 6.45) is 0.723. The standard InChI is InChI=1S/C10H18O5/c1-3-4-8(2)10(13)15-6-9(12)5-14-7-11/h7-9,12H,3-6H2,1-2H3. The third-order valence-electron chi connectivity index (χ3n) is 1.90. The average Bonchev–Trinajstić information content (AvgIpc) is 2.23. The Morgan fingerprint density at radius 1 is 1.47 bits per heavy atom. The van der Waals surface area contributed by atoms with Crippen LogP contribution in [-0.2, 0) is 19.1 Å². The lowest BCUT2D eigenvalue weighted by Gasteiger charge is -2.13. The fourth-order valence-corrected chi connectivity index (χ4v) is 1.07. The zero-order valence-corrected chi connectivity index (χ0v) is 9.14. The first-order valence-corrected chi connectivity index (χ1v) is 5.01. The second-order valence-electron chi connectivity index (χ2n) is 3.40. The predicted octanol–water partition coefficient (Wildman–Crippen LogP) is 0.500. The molecule has 0 aromatic rings. The Kier molecular flexibility index (Phi) is 7.62. The van der Waals surface area contributed by atoms with Gasteiger partial charge < -0.3 is 14.6 Å². The van der Waals surface area contributed by atoms with Crippen LogP contribution in [0.5, 0.6) is 0 Å². The molecule has 0 aliphatic rings. The molecule has 5 nitrogen and oxygen atoms in total. The van der Waals surface area contributed by atoms with Gasteiger partial charge in [0, 0.05) is 0 Å². The van der Waals surface area contributed by atoms with E-state index in [2.05, 4.69) is 4.74 Å². The number of hydrogen-bond acceptors (Lipinski definition) is 5. The van der Waals surface area contributed by atoms with Gasteiger partial charge in [0.25, 0.3) is 6.47 Å². The summed E-state index contributed by atoms with van der Waals surface area (Å²) in [5, 5.41) is 9.18. The Labute approximate surface area is 89.4 Å². The number of hydrogen-bond donors (Lipinski definition) is 1. The molecule has 0 rings (SSSR count). The van der Waals surface area contributed by atoms with Gasteiger partial charge in [0.1, 0.15) is 19.3 Å². The molecule has 0 aliphatic heterocycles. The second kappa shape index (κ2) is 8.23. The first-order valence-electron chi connectivity index (χ1n) is 5.01. The number of aliphatic hydroxyl groups excluding tert-OH is 1. The largest absolute Gasteiger partial charge is 0.465 e. The van der Waals surface area contributed by atoms with E-state index in [4.69, 9.17) is 4.74 Å². The summed E-state index contributed by atoms with van der Waals surface area (Å²) in [4.78, 5) is 21.1. The Morgan fingerprint density at radius 3 is 2.67 bits per heavy atom. The predicted molar refractivity (Wildman–Crippen MR) is 53.1 cm³/mol. The van der Waals surface area contributed by atoms with Gasteiger partial charge in [-0.3, -0.25) is 9.59 Å². The van der Waals surface area contributed by atoms with Crippen molar-refractivity contribution in [3.8, 4) is 0 Å². The van der Waals surface area contributed by atoms with Crippen LogP contribution in [0, 0.1) is 5.92 Å². The van der Waals surface area contributed by atoms with Crippen molar-refractivity contribution in [1.82, 2.24) is 0 Å². The molecule has 1 N–H and O–H groups in total. The molecule has 0 amide bonds. The third-order valence-corrected chi connectivity index (χ3v) is 1.90. The topological polar surface area (TPSA) is 72.8 Å². The summed E-state index contributed by atoms with van der Waals surface area (Å²) in [6, 6.07) is 0. The summed E-state index contributed by atoms with van der Waals surface area (Å²) < 4.78 is 9.14. The van der Waals surface area contributed by atoms with Crippen molar-refractivity contribution < 1.29 is 24.2 Å². The highest BCUT2D eigenvalue weighted by Crippen LogP contribution is 2.07. The Morgan fingerprint density at radius 2 is 2.13 bits per heavy atom. The van der Waals surface area contributed by atoms with E-state index in [1.807, 2.05) is 6.92 Å². The highest BCUT2D eigenvalue weighted by atomic mass is 16.6. The summed E-state index contributed by atoms with van der Waals surface area (Å²) in [7, 11) is 0. The molecule has 0 aliphatic carbocycles. The molecule has 0 heterocycles. The first kappa shape index (κ1) is 13.9. The van der Waals surface area contributed by atoms with Gasteiger partial charge in [-0.05, 0) is 6.42 Å². The minimum atomic E-state index is -0.951. The minimum absolute atomic E-state index is 0.138. The summed E-state index contributed by atoms with van der Waals surface area (Å²) in [5.74, 6) is -0.490. The highest BCUT2D eigenvalue weighted by molar-refractivity contribution is 5.71. The molecule has 5 heteroatoms. The normalized spacial score (nSPS) is 14.1. The van der Waals surface area contributed by atoms with Crippen molar-refractivity contribution >= 4 is 12.4 Å². The summed E-state index contributed by atoms with van der Waals surface area (Å²) in [6.45, 7) is 3.71. The molecular weight excluding hydrogens is 200 g/mol. The third kappa shape index (κ3) is 6.90. The van der Waals surface area contributed by atoms with E-state index in [0.717, 1.165) is 12.8 Å². The van der Waals surface area contributed by atoms with E-state index in [1.165, 1.54) is 0 Å². The molecule has 0 bridgehead atoms. The zero-order chi connectivity index (χ0) is 11.7. The first-order chi connectivity index (χ1) is 7.11. The fourth-order valence-electron chi connectivity index (χ4n) is 1.07. The van der Waals surface area contributed by atoms with Crippen LogP contribution in [0.25, 0.3) is 0 Å². The van der Waals surface area contributed by atoms with Crippen molar-refractivity contribution in [3.05, 3.63) is 0 Å². The van der Waals surface area contributed by atoms with Crippen LogP contribution in [-0.4, -0.2) is 36.9 Å². The summed E-state index contributed by atoms with van der Waals surface area (Å²) in [5.41, 5.74) is 0. The second-order valence-corrected chi connectivity index (χ2v) is 3.40. The summed E-state index contributed by atoms with van der Waals surface area (Å²) >= 11 is 0. The average molecular weight is 218 g/mol. The SMILES string of the molecule is CCCC(C)C(=O)OCC(O)COC=O. The number of aliphatic hydroxyl groups is 1. The lowest BCUT2D eigenvalue weighted by molar-refractivity contribution is -0.152. The molecule has 2 unspecified atom stereocenters. The van der Waals surface area contributed by atoms with E-state index in [0.29, 0.717) is 0 Å². The van der Waals surface area contributed by atoms with Crippen molar-refractivity contribution in [3.63, 3.8) is 0 Å². The van der Waals surface area contributed by atoms with Crippen LogP contribution in [0.4, 0.5) is 0 Å². The van der Waals surface area contributed by atoms with Gasteiger partial charge in [0.15, 0.2) is 0 Å². The molecule has 15 heavy (non-hydrogen) atoms. The van der Waals surface area contributed by atoms with E-state index < -0.39 is 6.10 Å². The van der Waals surface area contributed by atoms with Crippen molar-refractivity contribution in [2.45, 2.75) is 32.8 Å². The molecule has 2 atom stereocenters. The number of carbonyl (C=O) groups is 2. The van der Waals surface area contributed by atoms with Crippen molar-refractivity contribution in [2.24, 2.45) is 5.92 Å². The van der Waals surface area contributed by atoms with E-state index in [1.54, 1.807) is 6.92 Å². The number of rotatable bonds is 8. The van der Waals surface area contributed by atoms with Gasteiger partial charge in [0.2, 0.25) is 0 Å². The molecule has 0 aromatic carbocycles. The smallest absolute Gasteiger partial charge is 0.308 e. The Hall–Kier alpha value is -1.10. The monoisotopic (exact) mass is 218 g/mol. The number of esters is 1. The molecule has 0 saturated heterocycles. The van der Waals surface area contributed by atoms with Gasteiger partial charge in [0.05, 0.1) is 5.92 Å². The van der Waals surface area contributed by atoms with Gasteiger partial charge in [-0.25, -0.2) is 0 Å². The molecule has 0 aromatic heterocycles. The number of ether oxygens (including phenoxy) is 2. The molecule has 0 saturated carbocycles. The van der Waals surface area contributed by atoms with Gasteiger partial charge in [-0.2, -0.15) is 0 Å². The maximum absolute atomic E-state index is 11.3. The van der Waals surface area contributed by atoms with Crippen molar-refractivity contribution in [2.75, 3.05) is 13.2 Å². The maximum Gasteiger partial charge on any atom is 0.308 e. The van der Waals surface area contributed by atoms with Gasteiger partial charge in [-0.1, -0.05) is 20.3 Å². The minimum Gasteiger partial charge on any atom is -0.465 e. The van der Waals surface area contributed by atoms with Crippen LogP contribution < -0.4 is 0 Å². The molecular formula is C10H18O5. The van der Waals surface area contributed by atoms with Gasteiger partial charge >= 0.3 is 5.97 Å². The molecule has 0 radical (unpaired) electrons. The molecule has 88 valence electrons. The fraction of sp³-hybridized carbons (Fsp3) is 0.800. The van der Waals surface area contributed by atoms with E-state index in [-0.39, 0.29) is 31.6 Å². The molecule has 0 fully saturated rings. The van der Waals surface area contributed by atoms with Crippen LogP contribution in [0.2, 0.25) is 0 Å². The maximum atomic E-state index is 11.3. The van der Waals surface area contributed by atoms with Crippen LogP contribution in [0.15, 0.2) is 0 Å². The Bertz CT molecular complexity index is 192. The van der Waals surface area contributed by atoms with Crippen molar-refractivity contribution in [1.29, 1.82) is 0 Å². The lowest BCUT2D eigenvalue weighted by atomic mass is 10.1. The zero-order valence-electron chi connectivity index (χ0n) is 9.14. The lowest BCUT2D eigenvalue weighted by Crippen LogP contribution is -2.25. The van der Waals surface area contributed by atoms with E-state index >= 15 is 0 Å².